The van der Waals surface area contributed by atoms with Crippen LogP contribution in [0.5, 0.6) is 5.75 Å². The molecule has 0 spiro atoms. The van der Waals surface area contributed by atoms with Crippen LogP contribution in [-0.2, 0) is 0 Å². The monoisotopic (exact) mass is 331 g/mol. The molecule has 1 aromatic carbocycles. The van der Waals surface area contributed by atoms with Gasteiger partial charge in [-0.05, 0) is 25.0 Å². The first-order chi connectivity index (χ1) is 11.6. The van der Waals surface area contributed by atoms with E-state index in [9.17, 15) is 15.0 Å². The molecule has 1 saturated heterocycles. The molecule has 1 fully saturated rings. The smallest absolute Gasteiger partial charge is 0.257 e. The Morgan fingerprint density at radius 2 is 2.33 bits per heavy atom. The molecule has 0 bridgehead atoms. The summed E-state index contributed by atoms with van der Waals surface area (Å²) in [6.07, 6.45) is 2.63. The molecular weight excluding hydrogens is 310 g/mol. The van der Waals surface area contributed by atoms with Gasteiger partial charge in [0.2, 0.25) is 0 Å². The number of nitrogens with zero attached hydrogens (tertiary/aromatic N) is 2. The normalized spacial score (nSPS) is 20.9. The van der Waals surface area contributed by atoms with Gasteiger partial charge in [0.1, 0.15) is 11.4 Å². The molecule has 1 atom stereocenters. The Hall–Kier alpha value is -2.38. The van der Waals surface area contributed by atoms with E-state index in [1.807, 2.05) is 24.3 Å². The number of ether oxygens (including phenoxy) is 1. The molecule has 24 heavy (non-hydrogen) atoms. The Morgan fingerprint density at radius 3 is 3.08 bits per heavy atom. The van der Waals surface area contributed by atoms with Crippen molar-refractivity contribution < 1.29 is 19.7 Å². The fourth-order valence-corrected chi connectivity index (χ4v) is 3.03. The zero-order valence-corrected chi connectivity index (χ0v) is 13.5. The van der Waals surface area contributed by atoms with E-state index in [1.54, 1.807) is 12.0 Å². The number of amides is 1. The number of carbonyl (C=O) groups is 1. The first-order valence-electron chi connectivity index (χ1n) is 7.86. The summed E-state index contributed by atoms with van der Waals surface area (Å²) in [5, 5.41) is 26.5. The second-order valence-corrected chi connectivity index (χ2v) is 6.10. The lowest BCUT2D eigenvalue weighted by Crippen LogP contribution is -2.52. The van der Waals surface area contributed by atoms with Crippen molar-refractivity contribution in [1.29, 1.82) is 0 Å². The van der Waals surface area contributed by atoms with Gasteiger partial charge in [-0.3, -0.25) is 9.89 Å². The van der Waals surface area contributed by atoms with E-state index in [0.717, 1.165) is 5.56 Å². The van der Waals surface area contributed by atoms with Crippen LogP contribution >= 0.6 is 0 Å². The molecule has 1 amide bonds. The predicted octanol–water partition coefficient (Wildman–Crippen LogP) is 1.04. The molecule has 128 valence electrons. The molecule has 7 heteroatoms. The molecule has 2 aromatic rings. The Kier molecular flexibility index (Phi) is 4.55. The Balaban J connectivity index is 1.88. The van der Waals surface area contributed by atoms with Gasteiger partial charge in [0.05, 0.1) is 37.7 Å². The van der Waals surface area contributed by atoms with Crippen molar-refractivity contribution in [2.45, 2.75) is 18.4 Å². The first-order valence-corrected chi connectivity index (χ1v) is 7.86. The summed E-state index contributed by atoms with van der Waals surface area (Å²) in [5.41, 5.74) is 0.611. The van der Waals surface area contributed by atoms with Gasteiger partial charge in [0.15, 0.2) is 0 Å². The van der Waals surface area contributed by atoms with Gasteiger partial charge >= 0.3 is 0 Å². The van der Waals surface area contributed by atoms with E-state index in [-0.39, 0.29) is 19.1 Å². The number of methoxy groups -OCH3 is 1. The van der Waals surface area contributed by atoms with Gasteiger partial charge in [-0.15, -0.1) is 0 Å². The number of aliphatic hydroxyl groups is 2. The van der Waals surface area contributed by atoms with Crippen molar-refractivity contribution in [3.05, 3.63) is 36.0 Å². The van der Waals surface area contributed by atoms with Crippen molar-refractivity contribution in [3.8, 4) is 17.0 Å². The van der Waals surface area contributed by atoms with E-state index in [4.69, 9.17) is 4.74 Å². The number of aromatic nitrogens is 2. The Bertz CT molecular complexity index is 730. The van der Waals surface area contributed by atoms with Crippen LogP contribution in [0.4, 0.5) is 0 Å². The molecule has 0 radical (unpaired) electrons. The van der Waals surface area contributed by atoms with Crippen LogP contribution in [0.2, 0.25) is 0 Å². The third kappa shape index (κ3) is 3.13. The van der Waals surface area contributed by atoms with Gasteiger partial charge in [-0.2, -0.15) is 5.10 Å². The molecule has 7 nitrogen and oxygen atoms in total. The average molecular weight is 331 g/mol. The van der Waals surface area contributed by atoms with Crippen molar-refractivity contribution in [1.82, 2.24) is 15.1 Å². The fourth-order valence-electron chi connectivity index (χ4n) is 3.03. The van der Waals surface area contributed by atoms with Crippen LogP contribution in [0, 0.1) is 0 Å². The number of hydrogen-bond donors (Lipinski definition) is 3. The number of β-amino-alcohol motifs (C(OH)–C–C–N with tert-alkyl or cyclic N) is 1. The minimum atomic E-state index is -1.23. The van der Waals surface area contributed by atoms with E-state index >= 15 is 0 Å². The third-order valence-corrected chi connectivity index (χ3v) is 4.37. The first kappa shape index (κ1) is 16.5. The van der Waals surface area contributed by atoms with Crippen LogP contribution in [0.25, 0.3) is 11.3 Å². The van der Waals surface area contributed by atoms with E-state index in [0.29, 0.717) is 36.4 Å². The molecule has 1 aliphatic heterocycles. The maximum absolute atomic E-state index is 12.9. The largest absolute Gasteiger partial charge is 0.497 e. The van der Waals surface area contributed by atoms with Gasteiger partial charge in [0.25, 0.3) is 5.91 Å². The zero-order chi connectivity index (χ0) is 17.2. The third-order valence-electron chi connectivity index (χ3n) is 4.37. The summed E-state index contributed by atoms with van der Waals surface area (Å²) >= 11 is 0. The summed E-state index contributed by atoms with van der Waals surface area (Å²) in [6, 6.07) is 7.36. The van der Waals surface area contributed by atoms with Crippen LogP contribution < -0.4 is 4.74 Å². The van der Waals surface area contributed by atoms with E-state index < -0.39 is 5.60 Å². The summed E-state index contributed by atoms with van der Waals surface area (Å²) in [4.78, 5) is 14.4. The quantitative estimate of drug-likeness (QED) is 0.778. The highest BCUT2D eigenvalue weighted by Crippen LogP contribution is 2.28. The van der Waals surface area contributed by atoms with Gasteiger partial charge < -0.3 is 19.8 Å². The number of carbonyl (C=O) groups excluding carboxylic acids is 1. The minimum absolute atomic E-state index is 0.116. The number of benzene rings is 1. The molecule has 0 unspecified atom stereocenters. The summed E-state index contributed by atoms with van der Waals surface area (Å²) < 4.78 is 5.22. The molecule has 3 N–H and O–H groups in total. The van der Waals surface area contributed by atoms with Gasteiger partial charge in [-0.1, -0.05) is 12.1 Å². The molecule has 0 saturated carbocycles. The average Bonchev–Trinajstić information content (AvgIpc) is 3.11. The zero-order valence-electron chi connectivity index (χ0n) is 13.5. The number of nitrogens with one attached hydrogen (secondary N) is 1. The lowest BCUT2D eigenvalue weighted by molar-refractivity contribution is -0.0598. The Morgan fingerprint density at radius 1 is 1.50 bits per heavy atom. The molecule has 3 rings (SSSR count). The highest BCUT2D eigenvalue weighted by atomic mass is 16.5. The van der Waals surface area contributed by atoms with Crippen LogP contribution in [-0.4, -0.2) is 63.6 Å². The second-order valence-electron chi connectivity index (χ2n) is 6.10. The lowest BCUT2D eigenvalue weighted by atomic mass is 9.93. The number of H-pyrrole nitrogens is 1. The minimum Gasteiger partial charge on any atom is -0.497 e. The number of likely N-dealkylation sites (tertiary alicyclic amines) is 1. The number of rotatable bonds is 4. The Labute approximate surface area is 139 Å². The predicted molar refractivity (Wildman–Crippen MR) is 87.7 cm³/mol. The van der Waals surface area contributed by atoms with Gasteiger partial charge in [-0.25, -0.2) is 0 Å². The maximum Gasteiger partial charge on any atom is 0.257 e. The number of aliphatic hydroxyl groups excluding tert-OH is 1. The van der Waals surface area contributed by atoms with E-state index in [2.05, 4.69) is 10.2 Å². The summed E-state index contributed by atoms with van der Waals surface area (Å²) in [5.74, 6) is 0.473. The topological polar surface area (TPSA) is 98.7 Å². The van der Waals surface area contributed by atoms with Crippen LogP contribution in [0.3, 0.4) is 0 Å². The van der Waals surface area contributed by atoms with Crippen molar-refractivity contribution in [2.75, 3.05) is 26.8 Å². The SMILES string of the molecule is COc1cccc(-c2[nH]ncc2C(=O)N2CCC[C@@](O)(CO)C2)c1. The van der Waals surface area contributed by atoms with Crippen molar-refractivity contribution in [2.24, 2.45) is 0 Å². The lowest BCUT2D eigenvalue weighted by Gasteiger charge is -2.38. The highest BCUT2D eigenvalue weighted by molar-refractivity contribution is 5.99. The van der Waals surface area contributed by atoms with Crippen molar-refractivity contribution in [3.63, 3.8) is 0 Å². The number of hydrogen-bond acceptors (Lipinski definition) is 5. The molecule has 1 aliphatic rings. The van der Waals surface area contributed by atoms with Crippen LogP contribution in [0.1, 0.15) is 23.2 Å². The molecule has 1 aromatic heterocycles. The summed E-state index contributed by atoms with van der Waals surface area (Å²) in [6.45, 7) is 0.305. The van der Waals surface area contributed by atoms with E-state index in [1.165, 1.54) is 6.20 Å². The van der Waals surface area contributed by atoms with Crippen molar-refractivity contribution >= 4 is 5.91 Å². The molecule has 0 aliphatic carbocycles. The van der Waals surface area contributed by atoms with Crippen LogP contribution in [0.15, 0.2) is 30.5 Å². The number of piperidine rings is 1. The maximum atomic E-state index is 12.9. The molecular formula is C17H21N3O4. The molecule has 2 heterocycles. The fraction of sp³-hybridized carbons (Fsp3) is 0.412. The highest BCUT2D eigenvalue weighted by Gasteiger charge is 2.35. The standard InChI is InChI=1S/C17H21N3O4/c1-24-13-5-2-4-12(8-13)15-14(9-18-19-15)16(22)20-7-3-6-17(23,10-20)11-21/h2,4-5,8-9,21,23H,3,6-7,10-11H2,1H3,(H,18,19)/t17-/m0/s1. The number of aromatic amines is 1. The second kappa shape index (κ2) is 6.62. The van der Waals surface area contributed by atoms with Gasteiger partial charge in [0, 0.05) is 12.1 Å². The summed E-state index contributed by atoms with van der Waals surface area (Å²) in [7, 11) is 1.58.